The van der Waals surface area contributed by atoms with E-state index in [2.05, 4.69) is 0 Å². The Labute approximate surface area is 449 Å². The van der Waals surface area contributed by atoms with E-state index in [1.165, 1.54) is 13.2 Å². The van der Waals surface area contributed by atoms with Crippen molar-refractivity contribution in [1.29, 1.82) is 0 Å². The van der Waals surface area contributed by atoms with E-state index in [0.29, 0.717) is 107 Å². The second kappa shape index (κ2) is 23.9. The Kier molecular flexibility index (Phi) is 17.1. The number of thiophene rings is 2. The highest BCUT2D eigenvalue weighted by Gasteiger charge is 2.38. The van der Waals surface area contributed by atoms with Gasteiger partial charge in [-0.05, 0) is 122 Å². The third kappa shape index (κ3) is 13.3. The molecule has 6 heterocycles. The Morgan fingerprint density at radius 2 is 1.01 bits per heavy atom. The molecule has 1 N–H and O–H groups in total. The topological polar surface area (TPSA) is 129 Å². The number of halogens is 6. The fourth-order valence-electron chi connectivity index (χ4n) is 10.4. The van der Waals surface area contributed by atoms with E-state index in [4.69, 9.17) is 14.2 Å². The SMILES string of the molecule is COC(=O)[C@@H]1CCCN(CC(=O)N2CCc3cc(OCc4cc(-c5ccccc5)c(C(F)(F)F)s4)ccc32)C1.O=C(O)[C@@H]1CCCN(CC(=O)N2CCc3cc(OCc4cc(-c5ccccc5)c(C(F)(F)F)s4)ccc32)C1. The number of hydrogen-bond donors (Lipinski definition) is 1. The lowest BCUT2D eigenvalue weighted by molar-refractivity contribution is -0.147. The van der Waals surface area contributed by atoms with Gasteiger partial charge in [-0.25, -0.2) is 0 Å². The van der Waals surface area contributed by atoms with E-state index >= 15 is 0 Å². The van der Waals surface area contributed by atoms with Gasteiger partial charge < -0.3 is 29.1 Å². The quantitative estimate of drug-likeness (QED) is 0.0831. The van der Waals surface area contributed by atoms with Gasteiger partial charge in [0.05, 0.1) is 32.0 Å². The highest BCUT2D eigenvalue weighted by atomic mass is 32.1. The number of esters is 1. The molecule has 10 rings (SSSR count). The molecule has 0 unspecified atom stereocenters. The number of ether oxygens (including phenoxy) is 3. The van der Waals surface area contributed by atoms with Crippen molar-refractivity contribution < 1.29 is 64.8 Å². The third-order valence-corrected chi connectivity index (χ3v) is 16.4. The van der Waals surface area contributed by atoms with Gasteiger partial charge in [-0.1, -0.05) is 60.7 Å². The Hall–Kier alpha value is -6.74. The van der Waals surface area contributed by atoms with Gasteiger partial charge in [-0.3, -0.25) is 29.0 Å². The number of carbonyl (C=O) groups is 4. The molecule has 0 bridgehead atoms. The average Bonchev–Trinajstić information content (AvgIpc) is 4.25. The molecular weight excluding hydrogens is 1050 g/mol. The largest absolute Gasteiger partial charge is 0.488 e. The van der Waals surface area contributed by atoms with Gasteiger partial charge >= 0.3 is 24.3 Å². The lowest BCUT2D eigenvalue weighted by Gasteiger charge is -2.32. The van der Waals surface area contributed by atoms with Crippen LogP contribution in [0.25, 0.3) is 22.3 Å². The van der Waals surface area contributed by atoms with Crippen LogP contribution in [-0.2, 0) is 62.3 Å². The lowest BCUT2D eigenvalue weighted by Crippen LogP contribution is -2.45. The van der Waals surface area contributed by atoms with E-state index in [0.717, 1.165) is 48.3 Å². The van der Waals surface area contributed by atoms with Gasteiger partial charge in [-0.2, -0.15) is 26.3 Å². The van der Waals surface area contributed by atoms with Gasteiger partial charge in [0, 0.05) is 58.4 Å². The normalized spacial score (nSPS) is 17.8. The summed E-state index contributed by atoms with van der Waals surface area (Å²) in [6.07, 6.45) is -4.61. The zero-order valence-electron chi connectivity index (χ0n) is 42.0. The first-order chi connectivity index (χ1) is 36.9. The molecule has 2 fully saturated rings. The summed E-state index contributed by atoms with van der Waals surface area (Å²) in [6, 6.07) is 30.9. The molecule has 4 aliphatic heterocycles. The number of aliphatic carboxylic acids is 1. The fraction of sp³-hybridized carbons (Fsp3) is 0.368. The molecule has 2 saturated heterocycles. The number of methoxy groups -OCH3 is 1. The van der Waals surface area contributed by atoms with Crippen LogP contribution in [0.5, 0.6) is 11.5 Å². The maximum Gasteiger partial charge on any atom is 0.426 e. The van der Waals surface area contributed by atoms with Crippen LogP contribution in [0, 0.1) is 11.8 Å². The van der Waals surface area contributed by atoms with Gasteiger partial charge in [0.1, 0.15) is 34.5 Å². The van der Waals surface area contributed by atoms with Crippen molar-refractivity contribution in [2.24, 2.45) is 11.8 Å². The van der Waals surface area contributed by atoms with E-state index < -0.39 is 34.0 Å². The van der Waals surface area contributed by atoms with Crippen LogP contribution in [0.1, 0.15) is 56.3 Å². The number of rotatable bonds is 14. The maximum atomic E-state index is 13.7. The minimum Gasteiger partial charge on any atom is -0.488 e. The molecule has 0 radical (unpaired) electrons. The molecule has 0 spiro atoms. The third-order valence-electron chi connectivity index (χ3n) is 14.1. The lowest BCUT2D eigenvalue weighted by atomic mass is 9.98. The molecule has 4 aliphatic rings. The molecule has 77 heavy (non-hydrogen) atoms. The number of nitrogens with zero attached hydrogens (tertiary/aromatic N) is 4. The predicted octanol–water partition coefficient (Wildman–Crippen LogP) is 11.5. The Bertz CT molecular complexity index is 3080. The monoisotopic (exact) mass is 1100 g/mol. The number of fused-ring (bicyclic) bond motifs is 2. The molecule has 6 aromatic rings. The highest BCUT2D eigenvalue weighted by Crippen LogP contribution is 2.45. The molecule has 0 aliphatic carbocycles. The molecule has 12 nitrogen and oxygen atoms in total. The fourth-order valence-corrected chi connectivity index (χ4v) is 12.3. The Morgan fingerprint density at radius 1 is 0.584 bits per heavy atom. The number of anilines is 2. The van der Waals surface area contributed by atoms with Crippen LogP contribution in [0.15, 0.2) is 109 Å². The first kappa shape index (κ1) is 55.0. The van der Waals surface area contributed by atoms with Crippen LogP contribution < -0.4 is 19.3 Å². The number of carbonyl (C=O) groups excluding carboxylic acids is 3. The van der Waals surface area contributed by atoms with Crippen molar-refractivity contribution in [2.75, 3.05) is 69.3 Å². The second-order valence-electron chi connectivity index (χ2n) is 19.4. The predicted molar refractivity (Wildman–Crippen MR) is 281 cm³/mol. The molecule has 2 amide bonds. The molecule has 4 aromatic carbocycles. The Balaban J connectivity index is 0.000000188. The van der Waals surface area contributed by atoms with Crippen LogP contribution in [0.2, 0.25) is 0 Å². The molecule has 406 valence electrons. The number of alkyl halides is 6. The van der Waals surface area contributed by atoms with E-state index in [1.54, 1.807) is 94.7 Å². The summed E-state index contributed by atoms with van der Waals surface area (Å²) in [5, 5.41) is 9.29. The smallest absolute Gasteiger partial charge is 0.426 e. The maximum absolute atomic E-state index is 13.7. The van der Waals surface area contributed by atoms with Crippen molar-refractivity contribution in [3.63, 3.8) is 0 Å². The zero-order valence-corrected chi connectivity index (χ0v) is 43.7. The first-order valence-electron chi connectivity index (χ1n) is 25.3. The zero-order chi connectivity index (χ0) is 54.4. The summed E-state index contributed by atoms with van der Waals surface area (Å²) in [6.45, 7) is 3.83. The number of amides is 2. The first-order valence-corrected chi connectivity index (χ1v) is 26.9. The molecular formula is C57H56F6N4O8S2. The van der Waals surface area contributed by atoms with Crippen molar-refractivity contribution >= 4 is 57.8 Å². The number of benzene rings is 4. The summed E-state index contributed by atoms with van der Waals surface area (Å²) in [7, 11) is 1.38. The minimum atomic E-state index is -4.46. The van der Waals surface area contributed by atoms with Crippen molar-refractivity contribution in [1.82, 2.24) is 9.80 Å². The molecule has 20 heteroatoms. The van der Waals surface area contributed by atoms with Crippen LogP contribution in [0.4, 0.5) is 37.7 Å². The average molecular weight is 1100 g/mol. The number of piperidine rings is 2. The molecule has 2 atom stereocenters. The summed E-state index contributed by atoms with van der Waals surface area (Å²) < 4.78 is 98.7. The van der Waals surface area contributed by atoms with Gasteiger partial charge in [-0.15, -0.1) is 22.7 Å². The van der Waals surface area contributed by atoms with Crippen molar-refractivity contribution in [2.45, 2.75) is 64.1 Å². The second-order valence-corrected chi connectivity index (χ2v) is 21.7. The summed E-state index contributed by atoms with van der Waals surface area (Å²) in [5.41, 5.74) is 4.82. The summed E-state index contributed by atoms with van der Waals surface area (Å²) in [5.74, 6) is -0.739. The van der Waals surface area contributed by atoms with E-state index in [-0.39, 0.29) is 61.1 Å². The number of hydrogen-bond acceptors (Lipinski definition) is 11. The molecule has 2 aromatic heterocycles. The summed E-state index contributed by atoms with van der Waals surface area (Å²) in [4.78, 5) is 56.4. The van der Waals surface area contributed by atoms with Gasteiger partial charge in [0.2, 0.25) is 11.8 Å². The number of carboxylic acids is 1. The number of carboxylic acid groups (broad SMARTS) is 1. The standard InChI is InChI=1S/C29H29F3N2O4S.C28H27F3N2O4S/c1-37-28(36)21-8-5-12-33(16-21)17-26(35)34-13-11-20-14-22(9-10-25(20)34)38-18-23-15-24(19-6-3-2-4-7-19)27(39-23)29(30,31)32;29-28(30,31)26-23(18-5-2-1-3-6-18)14-22(38-26)17-37-21-8-9-24-19(13-21)10-12-33(24)25(34)16-32-11-4-7-20(15-32)27(35)36/h2-4,6-7,9-10,14-15,21H,5,8,11-13,16-18H2,1H3;1-3,5-6,8-9,13-14,20H,4,7,10-12,15-17H2,(H,35,36)/t21-;20-/m11/s1. The van der Waals surface area contributed by atoms with Crippen LogP contribution in [-0.4, -0.2) is 98.1 Å². The van der Waals surface area contributed by atoms with Crippen molar-refractivity contribution in [3.05, 3.63) is 140 Å². The summed E-state index contributed by atoms with van der Waals surface area (Å²) >= 11 is 1.38. The Morgan fingerprint density at radius 3 is 1.43 bits per heavy atom. The number of likely N-dealkylation sites (tertiary alicyclic amines) is 2. The van der Waals surface area contributed by atoms with E-state index in [1.807, 2.05) is 28.0 Å². The molecule has 0 saturated carbocycles. The minimum absolute atomic E-state index is 0.00170. The van der Waals surface area contributed by atoms with E-state index in [9.17, 15) is 50.6 Å². The van der Waals surface area contributed by atoms with Crippen molar-refractivity contribution in [3.8, 4) is 33.8 Å². The van der Waals surface area contributed by atoms with Gasteiger partial charge in [0.15, 0.2) is 0 Å². The van der Waals surface area contributed by atoms with Gasteiger partial charge in [0.25, 0.3) is 0 Å². The van der Waals surface area contributed by atoms with Crippen LogP contribution in [0.3, 0.4) is 0 Å². The van der Waals surface area contributed by atoms with Crippen LogP contribution >= 0.6 is 22.7 Å². The highest BCUT2D eigenvalue weighted by molar-refractivity contribution is 7.13.